The van der Waals surface area contributed by atoms with Gasteiger partial charge in [0.25, 0.3) is 0 Å². The summed E-state index contributed by atoms with van der Waals surface area (Å²) in [6, 6.07) is 12.9. The Bertz CT molecular complexity index is 1280. The molecule has 0 spiro atoms. The van der Waals surface area contributed by atoms with Gasteiger partial charge in [0.05, 0.1) is 19.1 Å². The maximum atomic E-state index is 13.8. The lowest BCUT2D eigenvalue weighted by Crippen LogP contribution is -2.64. The molecule has 0 aliphatic carbocycles. The van der Waals surface area contributed by atoms with Crippen molar-refractivity contribution >= 4 is 27.8 Å². The van der Waals surface area contributed by atoms with Gasteiger partial charge in [0.1, 0.15) is 17.8 Å². The highest BCUT2D eigenvalue weighted by Crippen LogP contribution is 2.24. The molecule has 11 nitrogen and oxygen atoms in total. The lowest BCUT2D eigenvalue weighted by atomic mass is 9.95. The molecule has 0 aromatic heterocycles. The number of nitrogens with zero attached hydrogens (tertiary/aromatic N) is 2. The third-order valence-corrected chi connectivity index (χ3v) is 9.28. The highest BCUT2D eigenvalue weighted by molar-refractivity contribution is 7.89. The molecule has 0 radical (unpaired) electrons. The van der Waals surface area contributed by atoms with Crippen molar-refractivity contribution in [2.45, 2.75) is 36.2 Å². The fourth-order valence-corrected chi connectivity index (χ4v) is 6.57. The van der Waals surface area contributed by atoms with E-state index in [1.807, 2.05) is 0 Å². The molecule has 40 heavy (non-hydrogen) atoms. The van der Waals surface area contributed by atoms with E-state index < -0.39 is 34.0 Å². The van der Waals surface area contributed by atoms with Gasteiger partial charge in [0.2, 0.25) is 21.8 Å². The number of hydrogen-bond donors (Lipinski definition) is 2. The van der Waals surface area contributed by atoms with Gasteiger partial charge in [-0.15, -0.1) is 0 Å². The van der Waals surface area contributed by atoms with E-state index in [-0.39, 0.29) is 42.8 Å². The first-order chi connectivity index (χ1) is 19.2. The van der Waals surface area contributed by atoms with Crippen LogP contribution < -0.4 is 15.4 Å². The number of sulfonamides is 1. The summed E-state index contributed by atoms with van der Waals surface area (Å²) in [6.45, 7) is 1.29. The average molecular weight is 573 g/mol. The molecule has 2 amide bonds. The Balaban J connectivity index is 1.58. The molecule has 4 rings (SSSR count). The van der Waals surface area contributed by atoms with Gasteiger partial charge in [-0.25, -0.2) is 13.2 Å². The topological polar surface area (TPSA) is 134 Å². The Morgan fingerprint density at radius 2 is 1.68 bits per heavy atom. The molecule has 2 N–H and O–H groups in total. The standard InChI is InChI=1S/C28H36N4O7S/c1-38-22-10-8-20(9-11-22)18-24(28(35)39-2)30-26(33)25-19-31(40(36,37)23-6-4-3-5-7-23)16-17-32(25)27(34)21-12-14-29-15-13-21/h3-11,21,24-25,29H,12-19H2,1-2H3,(H,30,33)/t24-,25+/m0/s1. The minimum atomic E-state index is -3.91. The van der Waals surface area contributed by atoms with Crippen molar-refractivity contribution in [1.82, 2.24) is 19.8 Å². The van der Waals surface area contributed by atoms with Gasteiger partial charge in [0, 0.05) is 32.0 Å². The molecule has 2 aliphatic heterocycles. The van der Waals surface area contributed by atoms with E-state index in [0.29, 0.717) is 31.7 Å². The zero-order valence-electron chi connectivity index (χ0n) is 22.7. The predicted molar refractivity (Wildman–Crippen MR) is 147 cm³/mol. The first-order valence-electron chi connectivity index (χ1n) is 13.3. The van der Waals surface area contributed by atoms with E-state index in [2.05, 4.69) is 10.6 Å². The second kappa shape index (κ2) is 13.2. The summed E-state index contributed by atoms with van der Waals surface area (Å²) in [5, 5.41) is 5.97. The molecule has 0 unspecified atom stereocenters. The first-order valence-corrected chi connectivity index (χ1v) is 14.8. The summed E-state index contributed by atoms with van der Waals surface area (Å²) >= 11 is 0. The second-order valence-corrected chi connectivity index (χ2v) is 11.8. The number of methoxy groups -OCH3 is 2. The van der Waals surface area contributed by atoms with E-state index in [4.69, 9.17) is 9.47 Å². The van der Waals surface area contributed by atoms with Crippen LogP contribution in [0.25, 0.3) is 0 Å². The molecule has 216 valence electrons. The van der Waals surface area contributed by atoms with Gasteiger partial charge in [0.15, 0.2) is 0 Å². The van der Waals surface area contributed by atoms with Crippen LogP contribution >= 0.6 is 0 Å². The summed E-state index contributed by atoms with van der Waals surface area (Å²) in [4.78, 5) is 41.6. The third kappa shape index (κ3) is 6.80. The highest BCUT2D eigenvalue weighted by atomic mass is 32.2. The number of hydrogen-bond acceptors (Lipinski definition) is 8. The summed E-state index contributed by atoms with van der Waals surface area (Å²) < 4.78 is 38.2. The van der Waals surface area contributed by atoms with E-state index >= 15 is 0 Å². The monoisotopic (exact) mass is 572 g/mol. The van der Waals surface area contributed by atoms with Crippen LogP contribution in [-0.4, -0.2) is 94.4 Å². The lowest BCUT2D eigenvalue weighted by Gasteiger charge is -2.42. The molecule has 2 saturated heterocycles. The zero-order chi connectivity index (χ0) is 28.7. The van der Waals surface area contributed by atoms with Crippen molar-refractivity contribution in [2.24, 2.45) is 5.92 Å². The zero-order valence-corrected chi connectivity index (χ0v) is 23.6. The number of amides is 2. The molecule has 2 heterocycles. The van der Waals surface area contributed by atoms with Crippen molar-refractivity contribution in [1.29, 1.82) is 0 Å². The minimum Gasteiger partial charge on any atom is -0.497 e. The van der Waals surface area contributed by atoms with E-state index in [1.165, 1.54) is 28.4 Å². The van der Waals surface area contributed by atoms with Crippen molar-refractivity contribution in [3.05, 3.63) is 60.2 Å². The quantitative estimate of drug-likeness (QED) is 0.422. The van der Waals surface area contributed by atoms with Crippen molar-refractivity contribution in [3.63, 3.8) is 0 Å². The Hall–Kier alpha value is -3.48. The SMILES string of the molecule is COC(=O)[C@H](Cc1ccc(OC)cc1)NC(=O)[C@H]1CN(S(=O)(=O)c2ccccc2)CCN1C(=O)C1CCNCC1. The number of nitrogens with one attached hydrogen (secondary N) is 2. The fraction of sp³-hybridized carbons (Fsp3) is 0.464. The number of rotatable bonds is 9. The molecule has 0 bridgehead atoms. The normalized spacial score (nSPS) is 19.4. The van der Waals surface area contributed by atoms with Crippen molar-refractivity contribution in [2.75, 3.05) is 46.9 Å². The van der Waals surface area contributed by atoms with Gasteiger partial charge >= 0.3 is 5.97 Å². The summed E-state index contributed by atoms with van der Waals surface area (Å²) in [6.07, 6.45) is 1.42. The van der Waals surface area contributed by atoms with Crippen molar-refractivity contribution in [3.8, 4) is 5.75 Å². The number of piperazine rings is 1. The number of benzene rings is 2. The largest absolute Gasteiger partial charge is 0.497 e. The van der Waals surface area contributed by atoms with Crippen LogP contribution in [0.4, 0.5) is 0 Å². The van der Waals surface area contributed by atoms with Crippen LogP contribution in [0.2, 0.25) is 0 Å². The predicted octanol–water partition coefficient (Wildman–Crippen LogP) is 0.797. The number of esters is 1. The summed E-state index contributed by atoms with van der Waals surface area (Å²) in [5.74, 6) is -1.05. The van der Waals surface area contributed by atoms with Gasteiger partial charge in [-0.05, 0) is 55.8 Å². The second-order valence-electron chi connectivity index (χ2n) is 9.88. The molecule has 0 saturated carbocycles. The number of carbonyl (C=O) groups is 3. The van der Waals surface area contributed by atoms with Gasteiger partial charge in [-0.2, -0.15) is 4.31 Å². The Morgan fingerprint density at radius 1 is 1.00 bits per heavy atom. The van der Waals surface area contributed by atoms with E-state index in [1.54, 1.807) is 49.6 Å². The third-order valence-electron chi connectivity index (χ3n) is 7.40. The molecular formula is C28H36N4O7S. The molecule has 2 aliphatic rings. The van der Waals surface area contributed by atoms with E-state index in [9.17, 15) is 22.8 Å². The van der Waals surface area contributed by atoms with Crippen LogP contribution in [0.5, 0.6) is 5.75 Å². The Morgan fingerprint density at radius 3 is 2.30 bits per heavy atom. The van der Waals surface area contributed by atoms with Crippen LogP contribution in [-0.2, 0) is 35.6 Å². The first kappa shape index (κ1) is 29.5. The van der Waals surface area contributed by atoms with Gasteiger partial charge in [-0.3, -0.25) is 9.59 Å². The van der Waals surface area contributed by atoms with Crippen LogP contribution in [0, 0.1) is 5.92 Å². The smallest absolute Gasteiger partial charge is 0.328 e. The molecule has 2 aromatic carbocycles. The van der Waals surface area contributed by atoms with Gasteiger partial charge < -0.3 is 25.0 Å². The van der Waals surface area contributed by atoms with Gasteiger partial charge in [-0.1, -0.05) is 30.3 Å². The molecule has 12 heteroatoms. The Labute approximate surface area is 234 Å². The van der Waals surface area contributed by atoms with Crippen LogP contribution in [0.1, 0.15) is 18.4 Å². The minimum absolute atomic E-state index is 0.0595. The summed E-state index contributed by atoms with van der Waals surface area (Å²) in [7, 11) is -1.12. The maximum Gasteiger partial charge on any atom is 0.328 e. The number of piperidine rings is 1. The van der Waals surface area contributed by atoms with Crippen LogP contribution in [0.3, 0.4) is 0 Å². The lowest BCUT2D eigenvalue weighted by molar-refractivity contribution is -0.149. The Kier molecular flexibility index (Phi) is 9.77. The average Bonchev–Trinajstić information content (AvgIpc) is 3.00. The summed E-state index contributed by atoms with van der Waals surface area (Å²) in [5.41, 5.74) is 0.760. The molecule has 2 fully saturated rings. The fourth-order valence-electron chi connectivity index (χ4n) is 5.11. The molecular weight excluding hydrogens is 536 g/mol. The maximum absolute atomic E-state index is 13.8. The molecule has 2 aromatic rings. The van der Waals surface area contributed by atoms with Crippen molar-refractivity contribution < 1.29 is 32.3 Å². The molecule has 2 atom stereocenters. The van der Waals surface area contributed by atoms with Crippen LogP contribution in [0.15, 0.2) is 59.5 Å². The highest BCUT2D eigenvalue weighted by Gasteiger charge is 2.42. The number of ether oxygens (including phenoxy) is 2. The van der Waals surface area contributed by atoms with E-state index in [0.717, 1.165) is 5.56 Å². The number of carbonyl (C=O) groups excluding carboxylic acids is 3.